The van der Waals surface area contributed by atoms with E-state index in [2.05, 4.69) is 31.4 Å². The van der Waals surface area contributed by atoms with Gasteiger partial charge in [-0.05, 0) is 30.6 Å². The number of carbonyl (C=O) groups is 4. The van der Waals surface area contributed by atoms with Crippen molar-refractivity contribution in [2.24, 2.45) is 23.2 Å². The van der Waals surface area contributed by atoms with Crippen molar-refractivity contribution >= 4 is 35.4 Å². The molecule has 0 radical (unpaired) electrons. The van der Waals surface area contributed by atoms with Crippen molar-refractivity contribution in [1.29, 1.82) is 0 Å². The minimum absolute atomic E-state index is 0.0813. The molecule has 1 saturated carbocycles. The molecule has 0 aromatic heterocycles. The Hall–Kier alpha value is -1.57. The standard InChI is InChI=1S/C19H31N3O4S/c1-19(2,3)12-5-6-13-14(9-12)18(26)22(17(13)25)8-7-21-16(24)11-27-10-15(23)20-4/h12-14H,5-11H2,1-4H3,(H,20,23)(H,21,24). The van der Waals surface area contributed by atoms with E-state index in [4.69, 9.17) is 0 Å². The summed E-state index contributed by atoms with van der Waals surface area (Å²) in [5.74, 6) is -0.0241. The lowest BCUT2D eigenvalue weighted by molar-refractivity contribution is -0.140. The number of fused-ring (bicyclic) bond motifs is 1. The summed E-state index contributed by atoms with van der Waals surface area (Å²) in [6.45, 7) is 7.04. The number of nitrogens with one attached hydrogen (secondary N) is 2. The molecule has 1 aliphatic carbocycles. The molecule has 0 aromatic rings. The lowest BCUT2D eigenvalue weighted by Crippen LogP contribution is -2.39. The van der Waals surface area contributed by atoms with Gasteiger partial charge in [-0.15, -0.1) is 11.8 Å². The summed E-state index contributed by atoms with van der Waals surface area (Å²) in [7, 11) is 1.55. The Labute approximate surface area is 165 Å². The van der Waals surface area contributed by atoms with Gasteiger partial charge in [0.05, 0.1) is 23.3 Å². The van der Waals surface area contributed by atoms with Crippen LogP contribution in [0.2, 0.25) is 0 Å². The van der Waals surface area contributed by atoms with Crippen LogP contribution in [0.1, 0.15) is 40.0 Å². The van der Waals surface area contributed by atoms with Gasteiger partial charge in [0.2, 0.25) is 23.6 Å². The zero-order valence-corrected chi connectivity index (χ0v) is 17.5. The third kappa shape index (κ3) is 5.46. The molecule has 27 heavy (non-hydrogen) atoms. The van der Waals surface area contributed by atoms with Gasteiger partial charge in [0.25, 0.3) is 0 Å². The van der Waals surface area contributed by atoms with Crippen LogP contribution in [-0.4, -0.2) is 60.2 Å². The average Bonchev–Trinajstić information content (AvgIpc) is 2.85. The van der Waals surface area contributed by atoms with Gasteiger partial charge in [-0.1, -0.05) is 20.8 Å². The van der Waals surface area contributed by atoms with Gasteiger partial charge in [-0.3, -0.25) is 24.1 Å². The number of carbonyl (C=O) groups excluding carboxylic acids is 4. The summed E-state index contributed by atoms with van der Waals surface area (Å²) < 4.78 is 0. The Morgan fingerprint density at radius 1 is 1.07 bits per heavy atom. The summed E-state index contributed by atoms with van der Waals surface area (Å²) in [5, 5.41) is 5.21. The van der Waals surface area contributed by atoms with Crippen LogP contribution in [0.4, 0.5) is 0 Å². The second kappa shape index (κ2) is 9.08. The van der Waals surface area contributed by atoms with E-state index in [1.54, 1.807) is 7.05 Å². The van der Waals surface area contributed by atoms with Gasteiger partial charge < -0.3 is 10.6 Å². The smallest absolute Gasteiger partial charge is 0.233 e. The fourth-order valence-electron chi connectivity index (χ4n) is 3.92. The van der Waals surface area contributed by atoms with Crippen molar-refractivity contribution in [3.05, 3.63) is 0 Å². The molecule has 2 rings (SSSR count). The Morgan fingerprint density at radius 2 is 1.70 bits per heavy atom. The van der Waals surface area contributed by atoms with Crippen molar-refractivity contribution in [3.8, 4) is 0 Å². The molecule has 8 heteroatoms. The number of imide groups is 1. The van der Waals surface area contributed by atoms with E-state index in [0.717, 1.165) is 19.3 Å². The summed E-state index contributed by atoms with van der Waals surface area (Å²) in [6, 6.07) is 0. The summed E-state index contributed by atoms with van der Waals surface area (Å²) in [5.41, 5.74) is 0.141. The van der Waals surface area contributed by atoms with Gasteiger partial charge in [0.15, 0.2) is 0 Å². The maximum atomic E-state index is 12.7. The zero-order valence-electron chi connectivity index (χ0n) is 16.7. The number of amides is 4. The normalized spacial score (nSPS) is 25.3. The highest BCUT2D eigenvalue weighted by atomic mass is 32.2. The largest absolute Gasteiger partial charge is 0.358 e. The Bertz CT molecular complexity index is 602. The predicted molar refractivity (Wildman–Crippen MR) is 105 cm³/mol. The number of rotatable bonds is 7. The molecule has 1 heterocycles. The van der Waals surface area contributed by atoms with Crippen molar-refractivity contribution < 1.29 is 19.2 Å². The van der Waals surface area contributed by atoms with Crippen molar-refractivity contribution in [2.75, 3.05) is 31.6 Å². The summed E-state index contributed by atoms with van der Waals surface area (Å²) >= 11 is 1.23. The van der Waals surface area contributed by atoms with E-state index in [-0.39, 0.29) is 65.5 Å². The summed E-state index contributed by atoms with van der Waals surface area (Å²) in [6.07, 6.45) is 2.53. The first-order valence-corrected chi connectivity index (χ1v) is 10.7. The molecule has 152 valence electrons. The highest BCUT2D eigenvalue weighted by Gasteiger charge is 2.51. The van der Waals surface area contributed by atoms with Gasteiger partial charge in [-0.25, -0.2) is 0 Å². The van der Waals surface area contributed by atoms with Crippen LogP contribution in [0.5, 0.6) is 0 Å². The van der Waals surface area contributed by atoms with Gasteiger partial charge in [0.1, 0.15) is 0 Å². The van der Waals surface area contributed by atoms with E-state index < -0.39 is 0 Å². The summed E-state index contributed by atoms with van der Waals surface area (Å²) in [4.78, 5) is 49.6. The molecule has 2 fully saturated rings. The van der Waals surface area contributed by atoms with Crippen molar-refractivity contribution in [1.82, 2.24) is 15.5 Å². The van der Waals surface area contributed by atoms with E-state index in [9.17, 15) is 19.2 Å². The minimum Gasteiger partial charge on any atom is -0.358 e. The van der Waals surface area contributed by atoms with Crippen LogP contribution >= 0.6 is 11.8 Å². The van der Waals surface area contributed by atoms with Gasteiger partial charge in [0, 0.05) is 20.1 Å². The Balaban J connectivity index is 1.79. The number of hydrogen-bond donors (Lipinski definition) is 2. The molecule has 0 aromatic carbocycles. The monoisotopic (exact) mass is 397 g/mol. The van der Waals surface area contributed by atoms with Crippen LogP contribution in [-0.2, 0) is 19.2 Å². The number of likely N-dealkylation sites (tertiary alicyclic amines) is 1. The van der Waals surface area contributed by atoms with Crippen LogP contribution in [0.3, 0.4) is 0 Å². The van der Waals surface area contributed by atoms with Crippen LogP contribution < -0.4 is 10.6 Å². The molecule has 3 atom stereocenters. The zero-order chi connectivity index (χ0) is 20.2. The number of thioether (sulfide) groups is 1. The lowest BCUT2D eigenvalue weighted by Gasteiger charge is -2.37. The third-order valence-electron chi connectivity index (χ3n) is 5.64. The first-order valence-electron chi connectivity index (χ1n) is 9.55. The van der Waals surface area contributed by atoms with E-state index in [1.165, 1.54) is 16.7 Å². The number of nitrogens with zero attached hydrogens (tertiary/aromatic N) is 1. The van der Waals surface area contributed by atoms with Crippen LogP contribution in [0, 0.1) is 23.2 Å². The molecule has 0 bridgehead atoms. The molecule has 2 N–H and O–H groups in total. The van der Waals surface area contributed by atoms with E-state index >= 15 is 0 Å². The maximum Gasteiger partial charge on any atom is 0.233 e. The molecule has 1 saturated heterocycles. The SMILES string of the molecule is CNC(=O)CSCC(=O)NCCN1C(=O)C2CCC(C(C)(C)C)CC2C1=O. The van der Waals surface area contributed by atoms with E-state index in [1.807, 2.05) is 0 Å². The van der Waals surface area contributed by atoms with E-state index in [0.29, 0.717) is 5.92 Å². The number of hydrogen-bond acceptors (Lipinski definition) is 5. The highest BCUT2D eigenvalue weighted by Crippen LogP contribution is 2.46. The van der Waals surface area contributed by atoms with Crippen molar-refractivity contribution in [2.45, 2.75) is 40.0 Å². The minimum atomic E-state index is -0.201. The Morgan fingerprint density at radius 3 is 2.33 bits per heavy atom. The second-order valence-corrected chi connectivity index (χ2v) is 9.42. The average molecular weight is 398 g/mol. The lowest BCUT2D eigenvalue weighted by atomic mass is 9.66. The molecule has 2 aliphatic rings. The molecule has 1 aliphatic heterocycles. The molecular formula is C19H31N3O4S. The fraction of sp³-hybridized carbons (Fsp3) is 0.789. The first-order chi connectivity index (χ1) is 12.6. The highest BCUT2D eigenvalue weighted by molar-refractivity contribution is 8.00. The molecule has 3 unspecified atom stereocenters. The molecule has 4 amide bonds. The van der Waals surface area contributed by atoms with Gasteiger partial charge in [-0.2, -0.15) is 0 Å². The molecular weight excluding hydrogens is 366 g/mol. The molecule has 0 spiro atoms. The second-order valence-electron chi connectivity index (χ2n) is 8.43. The molecule has 7 nitrogen and oxygen atoms in total. The van der Waals surface area contributed by atoms with Gasteiger partial charge >= 0.3 is 0 Å². The third-order valence-corrected chi connectivity index (χ3v) is 6.58. The first kappa shape index (κ1) is 21.7. The van der Waals surface area contributed by atoms with Crippen LogP contribution in [0.15, 0.2) is 0 Å². The fourth-order valence-corrected chi connectivity index (χ4v) is 4.64. The van der Waals surface area contributed by atoms with Crippen molar-refractivity contribution in [3.63, 3.8) is 0 Å². The maximum absolute atomic E-state index is 12.7. The topological polar surface area (TPSA) is 95.6 Å². The Kier molecular flexibility index (Phi) is 7.31. The quantitative estimate of drug-likeness (QED) is 0.626. The van der Waals surface area contributed by atoms with Crippen LogP contribution in [0.25, 0.3) is 0 Å². The predicted octanol–water partition coefficient (Wildman–Crippen LogP) is 1.03.